The highest BCUT2D eigenvalue weighted by molar-refractivity contribution is 7.89. The lowest BCUT2D eigenvalue weighted by molar-refractivity contribution is -0.135. The zero-order valence-corrected chi connectivity index (χ0v) is 14.7. The van der Waals surface area contributed by atoms with E-state index in [4.69, 9.17) is 14.3 Å². The molecule has 0 saturated carbocycles. The maximum atomic E-state index is 12.6. The Morgan fingerprint density at radius 2 is 1.92 bits per heavy atom. The number of nitrogens with one attached hydrogen (secondary N) is 2. The van der Waals surface area contributed by atoms with E-state index in [-0.39, 0.29) is 17.4 Å². The second-order valence-corrected chi connectivity index (χ2v) is 7.26. The summed E-state index contributed by atoms with van der Waals surface area (Å²) in [6, 6.07) is 3.37. The van der Waals surface area contributed by atoms with Crippen molar-refractivity contribution in [3.8, 4) is 11.5 Å². The Labute approximate surface area is 141 Å². The van der Waals surface area contributed by atoms with Crippen LogP contribution in [0.3, 0.4) is 0 Å². The van der Waals surface area contributed by atoms with Gasteiger partial charge in [-0.25, -0.2) is 13.9 Å². The standard InChI is InChI=1S/C15H22N2O6S/c1-4-23-16-15(18)14(10(2)3)17-24(19,20)11-5-6-12-13(9-11)22-8-7-21-12/h5-6,9-10,14,17H,4,7-8H2,1-3H3,(H,16,18)/t14-/m1/s1. The second-order valence-electron chi connectivity index (χ2n) is 5.55. The predicted molar refractivity (Wildman–Crippen MR) is 86.1 cm³/mol. The van der Waals surface area contributed by atoms with Crippen molar-refractivity contribution in [3.05, 3.63) is 18.2 Å². The lowest BCUT2D eigenvalue weighted by atomic mass is 10.1. The van der Waals surface area contributed by atoms with Gasteiger partial charge in [-0.15, -0.1) is 0 Å². The van der Waals surface area contributed by atoms with Crippen molar-refractivity contribution in [2.45, 2.75) is 31.7 Å². The van der Waals surface area contributed by atoms with Gasteiger partial charge < -0.3 is 9.47 Å². The lowest BCUT2D eigenvalue weighted by Crippen LogP contribution is -2.49. The monoisotopic (exact) mass is 358 g/mol. The van der Waals surface area contributed by atoms with Crippen LogP contribution in [0.4, 0.5) is 0 Å². The summed E-state index contributed by atoms with van der Waals surface area (Å²) in [5.74, 6) is 0.0455. The maximum absolute atomic E-state index is 12.6. The summed E-state index contributed by atoms with van der Waals surface area (Å²) in [5, 5.41) is 0. The minimum absolute atomic E-state index is 0.00149. The first kappa shape index (κ1) is 18.5. The van der Waals surface area contributed by atoms with E-state index < -0.39 is 22.0 Å². The van der Waals surface area contributed by atoms with Gasteiger partial charge >= 0.3 is 0 Å². The molecule has 0 fully saturated rings. The van der Waals surface area contributed by atoms with Crippen LogP contribution in [0.15, 0.2) is 23.1 Å². The minimum atomic E-state index is -3.91. The van der Waals surface area contributed by atoms with Crippen LogP contribution in [0, 0.1) is 5.92 Å². The number of carbonyl (C=O) groups is 1. The molecular weight excluding hydrogens is 336 g/mol. The fourth-order valence-corrected chi connectivity index (χ4v) is 3.48. The maximum Gasteiger partial charge on any atom is 0.261 e. The van der Waals surface area contributed by atoms with Crippen molar-refractivity contribution in [1.29, 1.82) is 0 Å². The van der Waals surface area contributed by atoms with E-state index in [1.807, 2.05) is 0 Å². The number of rotatable bonds is 7. The van der Waals surface area contributed by atoms with Crippen LogP contribution in [0.1, 0.15) is 20.8 Å². The van der Waals surface area contributed by atoms with Crippen molar-refractivity contribution >= 4 is 15.9 Å². The third-order valence-electron chi connectivity index (χ3n) is 3.37. The molecule has 0 aliphatic carbocycles. The Hall–Kier alpha value is -1.84. The van der Waals surface area contributed by atoms with E-state index in [1.165, 1.54) is 18.2 Å². The first-order valence-electron chi connectivity index (χ1n) is 7.68. The van der Waals surface area contributed by atoms with Crippen LogP contribution in [-0.4, -0.2) is 40.2 Å². The number of hydrogen-bond donors (Lipinski definition) is 2. The smallest absolute Gasteiger partial charge is 0.261 e. The van der Waals surface area contributed by atoms with Gasteiger partial charge in [-0.1, -0.05) is 13.8 Å². The summed E-state index contributed by atoms with van der Waals surface area (Å²) >= 11 is 0. The highest BCUT2D eigenvalue weighted by atomic mass is 32.2. The van der Waals surface area contributed by atoms with Crippen LogP contribution < -0.4 is 19.7 Å². The molecule has 0 bridgehead atoms. The third-order valence-corrected chi connectivity index (χ3v) is 4.81. The fourth-order valence-electron chi connectivity index (χ4n) is 2.13. The molecule has 1 aliphatic heterocycles. The summed E-state index contributed by atoms with van der Waals surface area (Å²) in [7, 11) is -3.91. The van der Waals surface area contributed by atoms with Gasteiger partial charge in [0.1, 0.15) is 19.3 Å². The second kappa shape index (κ2) is 7.82. The van der Waals surface area contributed by atoms with Gasteiger partial charge in [0, 0.05) is 6.07 Å². The quantitative estimate of drug-likeness (QED) is 0.700. The Morgan fingerprint density at radius 1 is 1.25 bits per heavy atom. The summed E-state index contributed by atoms with van der Waals surface area (Å²) in [6.45, 7) is 6.25. The van der Waals surface area contributed by atoms with Crippen molar-refractivity contribution in [2.24, 2.45) is 5.92 Å². The Balaban J connectivity index is 2.20. The number of sulfonamides is 1. The van der Waals surface area contributed by atoms with E-state index in [0.29, 0.717) is 24.7 Å². The van der Waals surface area contributed by atoms with Gasteiger partial charge in [0.15, 0.2) is 11.5 Å². The van der Waals surface area contributed by atoms with Gasteiger partial charge in [-0.3, -0.25) is 9.63 Å². The van der Waals surface area contributed by atoms with Gasteiger partial charge in [-0.05, 0) is 25.0 Å². The number of ether oxygens (including phenoxy) is 2. The molecule has 0 aromatic heterocycles. The molecule has 1 amide bonds. The third kappa shape index (κ3) is 4.37. The molecule has 0 radical (unpaired) electrons. The van der Waals surface area contributed by atoms with Crippen molar-refractivity contribution in [2.75, 3.05) is 19.8 Å². The summed E-state index contributed by atoms with van der Waals surface area (Å²) in [5.41, 5.74) is 2.23. The van der Waals surface area contributed by atoms with Gasteiger partial charge in [0.25, 0.3) is 5.91 Å². The number of carbonyl (C=O) groups excluding carboxylic acids is 1. The molecule has 1 aliphatic rings. The van der Waals surface area contributed by atoms with Crippen molar-refractivity contribution < 1.29 is 27.5 Å². The molecule has 2 rings (SSSR count). The van der Waals surface area contributed by atoms with Crippen molar-refractivity contribution in [3.63, 3.8) is 0 Å². The number of fused-ring (bicyclic) bond motifs is 1. The molecule has 8 nitrogen and oxygen atoms in total. The average Bonchev–Trinajstić information content (AvgIpc) is 2.56. The normalized spacial score (nSPS) is 15.2. The number of hydroxylamine groups is 1. The Kier molecular flexibility index (Phi) is 6.03. The molecule has 0 spiro atoms. The molecule has 1 aromatic rings. The molecule has 1 heterocycles. The molecule has 9 heteroatoms. The summed E-state index contributed by atoms with van der Waals surface area (Å²) in [6.07, 6.45) is 0. The molecule has 0 saturated heterocycles. The van der Waals surface area contributed by atoms with Crippen molar-refractivity contribution in [1.82, 2.24) is 10.2 Å². The average molecular weight is 358 g/mol. The van der Waals surface area contributed by atoms with Crippen LogP contribution in [0.25, 0.3) is 0 Å². The summed E-state index contributed by atoms with van der Waals surface area (Å²) in [4.78, 5) is 16.9. The van der Waals surface area contributed by atoms with E-state index in [1.54, 1.807) is 20.8 Å². The molecule has 134 valence electrons. The summed E-state index contributed by atoms with van der Waals surface area (Å²) < 4.78 is 38.3. The van der Waals surface area contributed by atoms with Crippen LogP contribution in [0.5, 0.6) is 11.5 Å². The van der Waals surface area contributed by atoms with E-state index in [2.05, 4.69) is 10.2 Å². The van der Waals surface area contributed by atoms with Crippen LogP contribution >= 0.6 is 0 Å². The Bertz CT molecular complexity index is 689. The highest BCUT2D eigenvalue weighted by Gasteiger charge is 2.29. The molecule has 1 aromatic carbocycles. The number of benzene rings is 1. The van der Waals surface area contributed by atoms with E-state index in [9.17, 15) is 13.2 Å². The van der Waals surface area contributed by atoms with Crippen LogP contribution in [-0.2, 0) is 19.7 Å². The first-order chi connectivity index (χ1) is 11.3. The predicted octanol–water partition coefficient (Wildman–Crippen LogP) is 0.828. The molecular formula is C15H22N2O6S. The minimum Gasteiger partial charge on any atom is -0.486 e. The fraction of sp³-hybridized carbons (Fsp3) is 0.533. The van der Waals surface area contributed by atoms with Crippen LogP contribution in [0.2, 0.25) is 0 Å². The number of amides is 1. The highest BCUT2D eigenvalue weighted by Crippen LogP contribution is 2.32. The van der Waals surface area contributed by atoms with Gasteiger partial charge in [0.2, 0.25) is 10.0 Å². The molecule has 0 unspecified atom stereocenters. The lowest BCUT2D eigenvalue weighted by Gasteiger charge is -2.22. The first-order valence-corrected chi connectivity index (χ1v) is 9.17. The number of hydrogen-bond acceptors (Lipinski definition) is 6. The molecule has 1 atom stereocenters. The van der Waals surface area contributed by atoms with Gasteiger partial charge in [-0.2, -0.15) is 4.72 Å². The largest absolute Gasteiger partial charge is 0.486 e. The molecule has 24 heavy (non-hydrogen) atoms. The zero-order valence-electron chi connectivity index (χ0n) is 13.9. The van der Waals surface area contributed by atoms with E-state index in [0.717, 1.165) is 0 Å². The topological polar surface area (TPSA) is 103 Å². The Morgan fingerprint density at radius 3 is 2.54 bits per heavy atom. The zero-order chi connectivity index (χ0) is 17.7. The molecule has 2 N–H and O–H groups in total. The SMILES string of the molecule is CCONC(=O)[C@H](NS(=O)(=O)c1ccc2c(c1)OCCO2)C(C)C. The van der Waals surface area contributed by atoms with Gasteiger partial charge in [0.05, 0.1) is 11.5 Å². The van der Waals surface area contributed by atoms with E-state index >= 15 is 0 Å².